The maximum Gasteiger partial charge on any atom is 0.323 e. The zero-order valence-corrected chi connectivity index (χ0v) is 13.1. The molecule has 0 heterocycles. The zero-order chi connectivity index (χ0) is 16.3. The number of anilines is 2. The van der Waals surface area contributed by atoms with Crippen LogP contribution in [0.1, 0.15) is 11.1 Å². The Morgan fingerprint density at radius 3 is 2.41 bits per heavy atom. The number of nitrogens with two attached hydrogens (primary N) is 1. The molecule has 0 aromatic heterocycles. The van der Waals surface area contributed by atoms with Crippen molar-refractivity contribution >= 4 is 27.4 Å². The maximum atomic E-state index is 12.0. The summed E-state index contributed by atoms with van der Waals surface area (Å²) in [6.07, 6.45) is 0. The Morgan fingerprint density at radius 1 is 1.05 bits per heavy atom. The van der Waals surface area contributed by atoms with Crippen molar-refractivity contribution in [2.24, 2.45) is 5.14 Å². The zero-order valence-electron chi connectivity index (χ0n) is 12.3. The Kier molecular flexibility index (Phi) is 4.48. The van der Waals surface area contributed by atoms with Gasteiger partial charge < -0.3 is 10.6 Å². The van der Waals surface area contributed by atoms with Crippen LogP contribution in [0.2, 0.25) is 0 Å². The van der Waals surface area contributed by atoms with E-state index in [1.165, 1.54) is 18.2 Å². The highest BCUT2D eigenvalue weighted by atomic mass is 32.2. The van der Waals surface area contributed by atoms with Gasteiger partial charge in [0.25, 0.3) is 0 Å². The molecule has 116 valence electrons. The molecule has 0 radical (unpaired) electrons. The van der Waals surface area contributed by atoms with Crippen LogP contribution < -0.4 is 15.8 Å². The van der Waals surface area contributed by atoms with Gasteiger partial charge >= 0.3 is 6.03 Å². The standard InChI is InChI=1S/C15H17N3O3S/c1-10-5-3-8-14(11(10)2)18-15(19)17-12-6-4-7-13(9-12)22(16,20)21/h3-9H,1-2H3,(H2,16,20,21)(H2,17,18,19). The third-order valence-electron chi connectivity index (χ3n) is 3.27. The molecule has 22 heavy (non-hydrogen) atoms. The minimum Gasteiger partial charge on any atom is -0.308 e. The Labute approximate surface area is 129 Å². The average molecular weight is 319 g/mol. The van der Waals surface area contributed by atoms with Crippen LogP contribution in [-0.4, -0.2) is 14.4 Å². The van der Waals surface area contributed by atoms with Crippen LogP contribution in [0.25, 0.3) is 0 Å². The Bertz CT molecular complexity index is 817. The predicted molar refractivity (Wildman–Crippen MR) is 86.4 cm³/mol. The number of primary sulfonamides is 1. The molecule has 0 aliphatic carbocycles. The van der Waals surface area contributed by atoms with Crippen LogP contribution in [0.3, 0.4) is 0 Å². The molecule has 2 amide bonds. The Morgan fingerprint density at radius 2 is 1.73 bits per heavy atom. The fourth-order valence-electron chi connectivity index (χ4n) is 1.92. The van der Waals surface area contributed by atoms with E-state index in [4.69, 9.17) is 5.14 Å². The summed E-state index contributed by atoms with van der Waals surface area (Å²) in [7, 11) is -3.80. The molecule has 0 saturated carbocycles. The first-order valence-electron chi connectivity index (χ1n) is 6.54. The number of benzene rings is 2. The number of amides is 2. The van der Waals surface area contributed by atoms with E-state index in [0.29, 0.717) is 11.4 Å². The molecule has 6 nitrogen and oxygen atoms in total. The highest BCUT2D eigenvalue weighted by Crippen LogP contribution is 2.19. The lowest BCUT2D eigenvalue weighted by Gasteiger charge is -2.11. The lowest BCUT2D eigenvalue weighted by molar-refractivity contribution is 0.262. The molecule has 0 atom stereocenters. The van der Waals surface area contributed by atoms with E-state index in [-0.39, 0.29) is 4.90 Å². The number of sulfonamides is 1. The molecule has 0 aliphatic heterocycles. The molecule has 0 spiro atoms. The first kappa shape index (κ1) is 16.0. The second-order valence-corrected chi connectivity index (χ2v) is 6.46. The van der Waals surface area contributed by atoms with Crippen LogP contribution in [0.5, 0.6) is 0 Å². The average Bonchev–Trinajstić information content (AvgIpc) is 2.43. The highest BCUT2D eigenvalue weighted by molar-refractivity contribution is 7.89. The van der Waals surface area contributed by atoms with Gasteiger partial charge in [-0.2, -0.15) is 0 Å². The van der Waals surface area contributed by atoms with Crippen LogP contribution in [-0.2, 0) is 10.0 Å². The quantitative estimate of drug-likeness (QED) is 0.810. The molecule has 2 aromatic rings. The van der Waals surface area contributed by atoms with E-state index in [1.54, 1.807) is 12.1 Å². The van der Waals surface area contributed by atoms with Crippen LogP contribution in [0.4, 0.5) is 16.2 Å². The number of aryl methyl sites for hydroxylation is 1. The Hall–Kier alpha value is -2.38. The van der Waals surface area contributed by atoms with Crippen molar-refractivity contribution in [3.63, 3.8) is 0 Å². The number of carbonyl (C=O) groups is 1. The fraction of sp³-hybridized carbons (Fsp3) is 0.133. The van der Waals surface area contributed by atoms with Crippen molar-refractivity contribution in [1.29, 1.82) is 0 Å². The van der Waals surface area contributed by atoms with Crippen LogP contribution >= 0.6 is 0 Å². The summed E-state index contributed by atoms with van der Waals surface area (Å²) in [6.45, 7) is 3.86. The predicted octanol–water partition coefficient (Wildman–Crippen LogP) is 2.59. The van der Waals surface area contributed by atoms with E-state index in [0.717, 1.165) is 11.1 Å². The van der Waals surface area contributed by atoms with E-state index in [1.807, 2.05) is 26.0 Å². The summed E-state index contributed by atoms with van der Waals surface area (Å²) >= 11 is 0. The van der Waals surface area contributed by atoms with Gasteiger partial charge in [0.2, 0.25) is 10.0 Å². The lowest BCUT2D eigenvalue weighted by atomic mass is 10.1. The molecule has 0 unspecified atom stereocenters. The van der Waals surface area contributed by atoms with E-state index in [2.05, 4.69) is 10.6 Å². The summed E-state index contributed by atoms with van der Waals surface area (Å²) in [5, 5.41) is 10.4. The summed E-state index contributed by atoms with van der Waals surface area (Å²) in [4.78, 5) is 11.9. The highest BCUT2D eigenvalue weighted by Gasteiger charge is 2.10. The molecule has 7 heteroatoms. The van der Waals surface area contributed by atoms with Gasteiger partial charge in [-0.25, -0.2) is 18.4 Å². The smallest absolute Gasteiger partial charge is 0.308 e. The van der Waals surface area contributed by atoms with Crippen LogP contribution in [0.15, 0.2) is 47.4 Å². The van der Waals surface area contributed by atoms with E-state index in [9.17, 15) is 13.2 Å². The van der Waals surface area contributed by atoms with Gasteiger partial charge in [0.1, 0.15) is 0 Å². The third kappa shape index (κ3) is 3.84. The molecule has 0 bridgehead atoms. The summed E-state index contributed by atoms with van der Waals surface area (Å²) in [5.41, 5.74) is 3.07. The van der Waals surface area contributed by atoms with Crippen molar-refractivity contribution in [1.82, 2.24) is 0 Å². The number of carbonyl (C=O) groups excluding carboxylic acids is 1. The minimum atomic E-state index is -3.80. The molecule has 4 N–H and O–H groups in total. The molecular weight excluding hydrogens is 302 g/mol. The van der Waals surface area contributed by atoms with Gasteiger partial charge in [-0.1, -0.05) is 18.2 Å². The largest absolute Gasteiger partial charge is 0.323 e. The van der Waals surface area contributed by atoms with Gasteiger partial charge in [0.15, 0.2) is 0 Å². The third-order valence-corrected chi connectivity index (χ3v) is 4.18. The van der Waals surface area contributed by atoms with Gasteiger partial charge in [-0.05, 0) is 49.2 Å². The minimum absolute atomic E-state index is 0.0583. The van der Waals surface area contributed by atoms with Crippen molar-refractivity contribution in [2.75, 3.05) is 10.6 Å². The van der Waals surface area contributed by atoms with Crippen molar-refractivity contribution < 1.29 is 13.2 Å². The Balaban J connectivity index is 2.14. The fourth-order valence-corrected chi connectivity index (χ4v) is 2.48. The number of hydrogen-bond acceptors (Lipinski definition) is 3. The normalized spacial score (nSPS) is 11.0. The summed E-state index contributed by atoms with van der Waals surface area (Å²) < 4.78 is 22.6. The van der Waals surface area contributed by atoms with Crippen molar-refractivity contribution in [2.45, 2.75) is 18.7 Å². The van der Waals surface area contributed by atoms with Gasteiger partial charge in [0.05, 0.1) is 4.90 Å². The second kappa shape index (κ2) is 6.17. The van der Waals surface area contributed by atoms with Gasteiger partial charge in [0, 0.05) is 11.4 Å². The SMILES string of the molecule is Cc1cccc(NC(=O)Nc2cccc(S(N)(=O)=O)c2)c1C. The first-order valence-corrected chi connectivity index (χ1v) is 8.09. The lowest BCUT2D eigenvalue weighted by Crippen LogP contribution is -2.20. The van der Waals surface area contributed by atoms with Gasteiger partial charge in [-0.15, -0.1) is 0 Å². The van der Waals surface area contributed by atoms with E-state index >= 15 is 0 Å². The molecule has 2 aromatic carbocycles. The molecule has 0 aliphatic rings. The van der Waals surface area contributed by atoms with Crippen LogP contribution in [0, 0.1) is 13.8 Å². The molecular formula is C15H17N3O3S. The van der Waals surface area contributed by atoms with Crippen molar-refractivity contribution in [3.8, 4) is 0 Å². The summed E-state index contributed by atoms with van der Waals surface area (Å²) in [5.74, 6) is 0. The molecule has 0 fully saturated rings. The monoisotopic (exact) mass is 319 g/mol. The topological polar surface area (TPSA) is 101 Å². The van der Waals surface area contributed by atoms with Gasteiger partial charge in [-0.3, -0.25) is 0 Å². The van der Waals surface area contributed by atoms with E-state index < -0.39 is 16.1 Å². The number of urea groups is 1. The van der Waals surface area contributed by atoms with Crippen molar-refractivity contribution in [3.05, 3.63) is 53.6 Å². The number of hydrogen-bond donors (Lipinski definition) is 3. The maximum absolute atomic E-state index is 12.0. The second-order valence-electron chi connectivity index (χ2n) is 4.90. The molecule has 0 saturated heterocycles. The number of nitrogens with one attached hydrogen (secondary N) is 2. The number of rotatable bonds is 3. The summed E-state index contributed by atoms with van der Waals surface area (Å²) in [6, 6.07) is 10.9. The first-order chi connectivity index (χ1) is 10.3. The molecule has 2 rings (SSSR count).